The second kappa shape index (κ2) is 13.0. The van der Waals surface area contributed by atoms with Crippen LogP contribution in [-0.2, 0) is 12.8 Å². The molecule has 0 aliphatic heterocycles. The first-order valence-corrected chi connectivity index (χ1v) is 12.9. The molecule has 4 aromatic rings. The van der Waals surface area contributed by atoms with E-state index in [2.05, 4.69) is 22.4 Å². The number of aliphatic hydroxyl groups excluding tert-OH is 1. The molecule has 0 saturated carbocycles. The van der Waals surface area contributed by atoms with Gasteiger partial charge in [0.2, 0.25) is 0 Å². The molecular weight excluding hydrogens is 474 g/mol. The molecule has 0 bridgehead atoms. The average Bonchev–Trinajstić information content (AvgIpc) is 2.93. The molecule has 4 rings (SSSR count). The monoisotopic (exact) mass is 509 g/mol. The van der Waals surface area contributed by atoms with Gasteiger partial charge in [0, 0.05) is 29.8 Å². The van der Waals surface area contributed by atoms with E-state index in [-0.39, 0.29) is 12.3 Å². The van der Waals surface area contributed by atoms with Gasteiger partial charge in [0.15, 0.2) is 0 Å². The Morgan fingerprint density at radius 3 is 2.11 bits per heavy atom. The van der Waals surface area contributed by atoms with Crippen LogP contribution < -0.4 is 11.1 Å². The van der Waals surface area contributed by atoms with Crippen LogP contribution in [0.2, 0.25) is 0 Å². The van der Waals surface area contributed by atoms with Gasteiger partial charge >= 0.3 is 6.09 Å². The average molecular weight is 510 g/mol. The molecule has 38 heavy (non-hydrogen) atoms. The Morgan fingerprint density at radius 1 is 0.868 bits per heavy atom. The molecule has 1 amide bonds. The van der Waals surface area contributed by atoms with Crippen molar-refractivity contribution in [3.8, 4) is 11.3 Å². The first kappa shape index (κ1) is 27.0. The van der Waals surface area contributed by atoms with Crippen molar-refractivity contribution in [2.24, 2.45) is 5.73 Å². The van der Waals surface area contributed by atoms with E-state index in [0.29, 0.717) is 12.8 Å². The van der Waals surface area contributed by atoms with E-state index in [1.54, 1.807) is 0 Å². The van der Waals surface area contributed by atoms with Crippen molar-refractivity contribution in [3.05, 3.63) is 126 Å². The van der Waals surface area contributed by atoms with Gasteiger partial charge in [0.1, 0.15) is 0 Å². The number of aliphatic hydroxyl groups is 1. The maximum atomic E-state index is 11.6. The number of nitrogens with zero attached hydrogens (tertiary/aromatic N) is 1. The van der Waals surface area contributed by atoms with Crippen LogP contribution in [0.25, 0.3) is 11.3 Å². The van der Waals surface area contributed by atoms with Crippen molar-refractivity contribution in [3.63, 3.8) is 0 Å². The molecule has 5 N–H and O–H groups in total. The van der Waals surface area contributed by atoms with E-state index in [4.69, 9.17) is 5.73 Å². The largest absolute Gasteiger partial charge is 0.465 e. The lowest BCUT2D eigenvalue weighted by atomic mass is 9.82. The molecule has 6 heteroatoms. The zero-order chi connectivity index (χ0) is 26.9. The van der Waals surface area contributed by atoms with Gasteiger partial charge in [0.05, 0.1) is 11.8 Å². The molecule has 1 heterocycles. The molecule has 0 aliphatic carbocycles. The van der Waals surface area contributed by atoms with E-state index in [1.165, 1.54) is 0 Å². The van der Waals surface area contributed by atoms with E-state index < -0.39 is 24.3 Å². The number of rotatable bonds is 11. The first-order chi connectivity index (χ1) is 18.4. The van der Waals surface area contributed by atoms with Crippen LogP contribution in [-0.4, -0.2) is 39.5 Å². The highest BCUT2D eigenvalue weighted by atomic mass is 16.4. The molecule has 0 fully saturated rings. The van der Waals surface area contributed by atoms with Gasteiger partial charge < -0.3 is 21.3 Å². The fraction of sp³-hybridized carbons (Fsp3) is 0.250. The molecular formula is C32H35N3O3. The van der Waals surface area contributed by atoms with Crippen LogP contribution in [0.5, 0.6) is 0 Å². The van der Waals surface area contributed by atoms with Gasteiger partial charge in [-0.3, -0.25) is 4.98 Å². The lowest BCUT2D eigenvalue weighted by Gasteiger charge is -2.31. The normalized spacial score (nSPS) is 14.3. The molecule has 0 saturated heterocycles. The standard InChI is InChI=1S/C32H35N3O3/c1-22-12-17-29(34-21-22)26-15-13-24(14-16-26)18-27(35-32(37)38)20-30(36)31(33)28(25-10-6-3-7-11-25)19-23-8-4-2-5-9-23/h2-17,21,27-28,30-31,35-36H,18-20,33H2,1H3,(H,37,38)/t27?,28?,30-,31-/m0/s1. The number of aromatic nitrogens is 1. The minimum atomic E-state index is -1.12. The van der Waals surface area contributed by atoms with Crippen molar-refractivity contribution >= 4 is 6.09 Å². The summed E-state index contributed by atoms with van der Waals surface area (Å²) in [6.07, 6.45) is 1.12. The minimum absolute atomic E-state index is 0.125. The number of pyridine rings is 1. The quantitative estimate of drug-likeness (QED) is 0.218. The predicted octanol–water partition coefficient (Wildman–Crippen LogP) is 5.34. The van der Waals surface area contributed by atoms with Crippen LogP contribution in [0.15, 0.2) is 103 Å². The van der Waals surface area contributed by atoms with E-state index in [9.17, 15) is 15.0 Å². The number of nitrogens with two attached hydrogens (primary N) is 1. The number of nitrogens with one attached hydrogen (secondary N) is 1. The maximum Gasteiger partial charge on any atom is 0.404 e. The van der Waals surface area contributed by atoms with Crippen LogP contribution in [0, 0.1) is 6.92 Å². The SMILES string of the molecule is Cc1ccc(-c2ccc(CC(C[C@H](O)[C@@H](N)C(Cc3ccccc3)c3ccccc3)NC(=O)O)cc2)nc1. The number of carboxylic acid groups (broad SMARTS) is 1. The zero-order valence-corrected chi connectivity index (χ0v) is 21.6. The van der Waals surface area contributed by atoms with Crippen LogP contribution >= 0.6 is 0 Å². The lowest BCUT2D eigenvalue weighted by Crippen LogP contribution is -2.46. The number of hydrogen-bond donors (Lipinski definition) is 4. The number of amides is 1. The summed E-state index contributed by atoms with van der Waals surface area (Å²) in [6, 6.07) is 30.9. The summed E-state index contributed by atoms with van der Waals surface area (Å²) < 4.78 is 0. The van der Waals surface area contributed by atoms with Gasteiger partial charge in [-0.1, -0.05) is 91.0 Å². The maximum absolute atomic E-state index is 11.6. The smallest absolute Gasteiger partial charge is 0.404 e. The van der Waals surface area contributed by atoms with Gasteiger partial charge in [-0.05, 0) is 54.5 Å². The third-order valence-electron chi connectivity index (χ3n) is 6.93. The topological polar surface area (TPSA) is 108 Å². The molecule has 2 unspecified atom stereocenters. The summed E-state index contributed by atoms with van der Waals surface area (Å²) in [6.45, 7) is 2.00. The molecule has 3 aromatic carbocycles. The van der Waals surface area contributed by atoms with Crippen molar-refractivity contribution in [1.82, 2.24) is 10.3 Å². The van der Waals surface area contributed by atoms with Gasteiger partial charge in [0.25, 0.3) is 0 Å². The number of carbonyl (C=O) groups is 1. The molecule has 1 aromatic heterocycles. The third-order valence-corrected chi connectivity index (χ3v) is 6.93. The Morgan fingerprint density at radius 2 is 1.50 bits per heavy atom. The number of benzene rings is 3. The van der Waals surface area contributed by atoms with Crippen LogP contribution in [0.3, 0.4) is 0 Å². The lowest BCUT2D eigenvalue weighted by molar-refractivity contribution is 0.108. The highest BCUT2D eigenvalue weighted by molar-refractivity contribution is 5.65. The highest BCUT2D eigenvalue weighted by Gasteiger charge is 2.29. The Labute approximate surface area is 224 Å². The molecule has 0 radical (unpaired) electrons. The summed E-state index contributed by atoms with van der Waals surface area (Å²) in [7, 11) is 0. The first-order valence-electron chi connectivity index (χ1n) is 12.9. The van der Waals surface area contributed by atoms with Crippen molar-refractivity contribution in [2.75, 3.05) is 0 Å². The number of aryl methyl sites for hydroxylation is 1. The second-order valence-corrected chi connectivity index (χ2v) is 9.86. The second-order valence-electron chi connectivity index (χ2n) is 9.86. The Kier molecular flexibility index (Phi) is 9.25. The molecule has 4 atom stereocenters. The van der Waals surface area contributed by atoms with E-state index in [0.717, 1.165) is 33.5 Å². The Balaban J connectivity index is 1.48. The fourth-order valence-electron chi connectivity index (χ4n) is 4.86. The van der Waals surface area contributed by atoms with E-state index in [1.807, 2.05) is 98.0 Å². The van der Waals surface area contributed by atoms with Crippen molar-refractivity contribution in [2.45, 2.75) is 50.3 Å². The third kappa shape index (κ3) is 7.51. The Bertz CT molecular complexity index is 1280. The fourth-order valence-corrected chi connectivity index (χ4v) is 4.86. The molecule has 0 aliphatic rings. The predicted molar refractivity (Wildman–Crippen MR) is 151 cm³/mol. The van der Waals surface area contributed by atoms with E-state index >= 15 is 0 Å². The highest BCUT2D eigenvalue weighted by Crippen LogP contribution is 2.27. The molecule has 196 valence electrons. The van der Waals surface area contributed by atoms with Crippen molar-refractivity contribution in [1.29, 1.82) is 0 Å². The summed E-state index contributed by atoms with van der Waals surface area (Å²) in [4.78, 5) is 16.1. The molecule has 0 spiro atoms. The molecule has 6 nitrogen and oxygen atoms in total. The van der Waals surface area contributed by atoms with Crippen molar-refractivity contribution < 1.29 is 15.0 Å². The summed E-state index contributed by atoms with van der Waals surface area (Å²) >= 11 is 0. The van der Waals surface area contributed by atoms with Crippen LogP contribution in [0.4, 0.5) is 4.79 Å². The summed E-state index contributed by atoms with van der Waals surface area (Å²) in [5.41, 5.74) is 12.8. The minimum Gasteiger partial charge on any atom is -0.465 e. The summed E-state index contributed by atoms with van der Waals surface area (Å²) in [5.74, 6) is -0.125. The van der Waals surface area contributed by atoms with Gasteiger partial charge in [-0.25, -0.2) is 4.79 Å². The number of hydrogen-bond acceptors (Lipinski definition) is 4. The van der Waals surface area contributed by atoms with Gasteiger partial charge in [-0.15, -0.1) is 0 Å². The van der Waals surface area contributed by atoms with Gasteiger partial charge in [-0.2, -0.15) is 0 Å². The zero-order valence-electron chi connectivity index (χ0n) is 21.6. The summed E-state index contributed by atoms with van der Waals surface area (Å²) in [5, 5.41) is 23.3. The van der Waals surface area contributed by atoms with Crippen LogP contribution in [0.1, 0.15) is 34.6 Å². The Hall–Kier alpha value is -4.00.